The molecule has 0 heterocycles. The molecule has 0 radical (unpaired) electrons. The molecule has 0 amide bonds. The van der Waals surface area contributed by atoms with Crippen LogP contribution in [-0.2, 0) is 14.3 Å². The molecular weight excluding hydrogens is 271 g/mol. The minimum atomic E-state index is -0.357. The van der Waals surface area contributed by atoms with E-state index in [9.17, 15) is 4.79 Å². The molecule has 3 nitrogen and oxygen atoms in total. The number of ether oxygens (including phenoxy) is 2. The normalized spacial score (nSPS) is 12.0. The smallest absolute Gasteiger partial charge is 0.330 e. The molecule has 0 aliphatic heterocycles. The molecule has 0 aliphatic carbocycles. The van der Waals surface area contributed by atoms with E-state index in [2.05, 4.69) is 27.3 Å². The predicted molar refractivity (Wildman–Crippen MR) is 55.2 cm³/mol. The van der Waals surface area contributed by atoms with Crippen molar-refractivity contribution in [2.75, 3.05) is 13.7 Å². The summed E-state index contributed by atoms with van der Waals surface area (Å²) < 4.78 is 9.52. The minimum absolute atomic E-state index is 0.196. The number of carbonyl (C=O) groups excluding carboxylic acids is 1. The van der Waals surface area contributed by atoms with Crippen LogP contribution in [0.25, 0.3) is 0 Å². The summed E-state index contributed by atoms with van der Waals surface area (Å²) in [5.74, 6) is -0.357. The fourth-order valence-electron chi connectivity index (χ4n) is 0.459. The van der Waals surface area contributed by atoms with E-state index in [0.29, 0.717) is 6.61 Å². The van der Waals surface area contributed by atoms with Crippen molar-refractivity contribution >= 4 is 28.6 Å². The van der Waals surface area contributed by atoms with Crippen molar-refractivity contribution in [1.82, 2.24) is 0 Å². The van der Waals surface area contributed by atoms with Crippen LogP contribution >= 0.6 is 22.6 Å². The molecule has 0 saturated heterocycles. The average molecular weight is 284 g/mol. The minimum Gasteiger partial charge on any atom is -0.466 e. The van der Waals surface area contributed by atoms with Crippen molar-refractivity contribution < 1.29 is 14.3 Å². The van der Waals surface area contributed by atoms with E-state index < -0.39 is 0 Å². The second-order valence-corrected chi connectivity index (χ2v) is 5.20. The second-order valence-electron chi connectivity index (χ2n) is 2.60. The highest BCUT2D eigenvalue weighted by Gasteiger charge is 2.10. The number of alkyl halides is 1. The Kier molecular flexibility index (Phi) is 5.48. The molecule has 70 valence electrons. The Labute approximate surface area is 86.3 Å². The summed E-state index contributed by atoms with van der Waals surface area (Å²) in [4.78, 5) is 10.6. The van der Waals surface area contributed by atoms with Gasteiger partial charge < -0.3 is 9.47 Å². The van der Waals surface area contributed by atoms with Crippen LogP contribution in [-0.4, -0.2) is 23.3 Å². The van der Waals surface area contributed by atoms with E-state index >= 15 is 0 Å². The highest BCUT2D eigenvalue weighted by molar-refractivity contribution is 14.1. The molecule has 0 aromatic rings. The summed E-state index contributed by atoms with van der Waals surface area (Å²) in [5, 5.41) is 0. The largest absolute Gasteiger partial charge is 0.466 e. The van der Waals surface area contributed by atoms with Crippen LogP contribution < -0.4 is 0 Å². The molecular formula is C8H13IO3. The molecule has 4 heteroatoms. The number of carbonyl (C=O) groups is 1. The van der Waals surface area contributed by atoms with E-state index in [1.165, 1.54) is 13.2 Å². The summed E-state index contributed by atoms with van der Waals surface area (Å²) in [6.45, 7) is 4.31. The number of hydrogen-bond donors (Lipinski definition) is 0. The molecule has 0 fully saturated rings. The van der Waals surface area contributed by atoms with Gasteiger partial charge in [0.1, 0.15) is 3.61 Å². The maximum Gasteiger partial charge on any atom is 0.330 e. The number of esters is 1. The number of methoxy groups -OCH3 is 1. The van der Waals surface area contributed by atoms with Gasteiger partial charge in [0.2, 0.25) is 0 Å². The maximum atomic E-state index is 10.6. The lowest BCUT2D eigenvalue weighted by molar-refractivity contribution is -0.134. The Balaban J connectivity index is 3.56. The van der Waals surface area contributed by atoms with Crippen LogP contribution in [0.4, 0.5) is 0 Å². The summed E-state index contributed by atoms with van der Waals surface area (Å²) >= 11 is 2.17. The van der Waals surface area contributed by atoms with Crippen LogP contribution in [0.3, 0.4) is 0 Å². The summed E-state index contributed by atoms with van der Waals surface area (Å²) in [6, 6.07) is 0. The first-order valence-electron chi connectivity index (χ1n) is 3.53. The Morgan fingerprint density at radius 1 is 1.58 bits per heavy atom. The van der Waals surface area contributed by atoms with Gasteiger partial charge in [-0.25, -0.2) is 4.79 Å². The van der Waals surface area contributed by atoms with E-state index in [1.807, 2.05) is 13.8 Å². The van der Waals surface area contributed by atoms with Crippen LogP contribution in [0.5, 0.6) is 0 Å². The van der Waals surface area contributed by atoms with Gasteiger partial charge >= 0.3 is 5.97 Å². The van der Waals surface area contributed by atoms with E-state index in [4.69, 9.17) is 4.74 Å². The van der Waals surface area contributed by atoms with E-state index in [0.717, 1.165) is 0 Å². The van der Waals surface area contributed by atoms with Crippen molar-refractivity contribution in [3.8, 4) is 0 Å². The van der Waals surface area contributed by atoms with Crippen LogP contribution in [0, 0.1) is 0 Å². The first-order valence-corrected chi connectivity index (χ1v) is 4.61. The predicted octanol–water partition coefficient (Wildman–Crippen LogP) is 1.90. The van der Waals surface area contributed by atoms with Gasteiger partial charge in [0.05, 0.1) is 13.7 Å². The van der Waals surface area contributed by atoms with Crippen LogP contribution in [0.15, 0.2) is 12.2 Å². The van der Waals surface area contributed by atoms with Crippen molar-refractivity contribution in [3.63, 3.8) is 0 Å². The van der Waals surface area contributed by atoms with Gasteiger partial charge in [-0.15, -0.1) is 0 Å². The topological polar surface area (TPSA) is 35.5 Å². The molecule has 0 aromatic carbocycles. The van der Waals surface area contributed by atoms with Crippen LogP contribution in [0.2, 0.25) is 0 Å². The maximum absolute atomic E-state index is 10.6. The zero-order valence-electron chi connectivity index (χ0n) is 7.46. The summed E-state index contributed by atoms with van der Waals surface area (Å²) in [7, 11) is 1.34. The third-order valence-corrected chi connectivity index (χ3v) is 1.29. The highest BCUT2D eigenvalue weighted by atomic mass is 127. The van der Waals surface area contributed by atoms with Gasteiger partial charge in [-0.1, -0.05) is 6.08 Å². The number of halogens is 1. The second kappa shape index (κ2) is 5.53. The molecule has 0 aromatic heterocycles. The zero-order chi connectivity index (χ0) is 9.61. The first kappa shape index (κ1) is 11.9. The fourth-order valence-corrected chi connectivity index (χ4v) is 0.638. The number of rotatable bonds is 4. The lowest BCUT2D eigenvalue weighted by Gasteiger charge is -2.15. The number of hydrogen-bond acceptors (Lipinski definition) is 3. The van der Waals surface area contributed by atoms with E-state index in [-0.39, 0.29) is 9.58 Å². The monoisotopic (exact) mass is 284 g/mol. The summed E-state index contributed by atoms with van der Waals surface area (Å²) in [5.41, 5.74) is 0. The Bertz CT molecular complexity index is 170. The quantitative estimate of drug-likeness (QED) is 0.342. The average Bonchev–Trinajstić information content (AvgIpc) is 1.96. The fraction of sp³-hybridized carbons (Fsp3) is 0.625. The lowest BCUT2D eigenvalue weighted by Crippen LogP contribution is -2.14. The summed E-state index contributed by atoms with van der Waals surface area (Å²) in [6.07, 6.45) is 2.98. The SMILES string of the molecule is COC(=O)/C=C/COC(C)(C)I. The molecule has 0 aliphatic rings. The van der Waals surface area contributed by atoms with Gasteiger partial charge in [-0.05, 0) is 36.4 Å². The highest BCUT2D eigenvalue weighted by Crippen LogP contribution is 2.17. The molecule has 0 rings (SSSR count). The third kappa shape index (κ3) is 8.00. The van der Waals surface area contributed by atoms with Gasteiger partial charge in [0.25, 0.3) is 0 Å². The molecule has 0 saturated carbocycles. The lowest BCUT2D eigenvalue weighted by atomic mass is 10.4. The van der Waals surface area contributed by atoms with Crippen molar-refractivity contribution in [2.45, 2.75) is 17.5 Å². The Morgan fingerprint density at radius 2 is 2.17 bits per heavy atom. The molecule has 0 unspecified atom stereocenters. The zero-order valence-corrected chi connectivity index (χ0v) is 9.62. The van der Waals surface area contributed by atoms with E-state index in [1.54, 1.807) is 6.08 Å². The first-order chi connectivity index (χ1) is 5.45. The van der Waals surface area contributed by atoms with Gasteiger partial charge in [0, 0.05) is 6.08 Å². The van der Waals surface area contributed by atoms with Gasteiger partial charge in [0.15, 0.2) is 0 Å². The van der Waals surface area contributed by atoms with Gasteiger partial charge in [-0.3, -0.25) is 0 Å². The van der Waals surface area contributed by atoms with Crippen LogP contribution in [0.1, 0.15) is 13.8 Å². The van der Waals surface area contributed by atoms with Crippen molar-refractivity contribution in [1.29, 1.82) is 0 Å². The Hall–Kier alpha value is -0.100. The third-order valence-electron chi connectivity index (χ3n) is 0.978. The van der Waals surface area contributed by atoms with Gasteiger partial charge in [-0.2, -0.15) is 0 Å². The molecule has 0 spiro atoms. The molecule has 12 heavy (non-hydrogen) atoms. The molecule has 0 bridgehead atoms. The van der Waals surface area contributed by atoms with Crippen molar-refractivity contribution in [3.05, 3.63) is 12.2 Å². The molecule has 0 atom stereocenters. The van der Waals surface area contributed by atoms with Crippen molar-refractivity contribution in [2.24, 2.45) is 0 Å². The molecule has 0 N–H and O–H groups in total. The standard InChI is InChI=1S/C8H13IO3/c1-8(2,9)12-6-4-5-7(10)11-3/h4-5H,6H2,1-3H3/b5-4+. The Morgan fingerprint density at radius 3 is 2.58 bits per heavy atom.